The van der Waals surface area contributed by atoms with Gasteiger partial charge in [0.15, 0.2) is 0 Å². The van der Waals surface area contributed by atoms with Crippen LogP contribution in [0.25, 0.3) is 22.0 Å². The Morgan fingerprint density at radius 2 is 1.84 bits per heavy atom. The van der Waals surface area contributed by atoms with E-state index in [1.807, 2.05) is 66.7 Å². The average Bonchev–Trinajstić information content (AvgIpc) is 2.83. The van der Waals surface area contributed by atoms with E-state index in [4.69, 9.17) is 10.1 Å². The number of hydrogen-bond acceptors (Lipinski definition) is 5. The third kappa shape index (κ3) is 4.99. The molecule has 0 spiro atoms. The summed E-state index contributed by atoms with van der Waals surface area (Å²) < 4.78 is 0. The predicted octanol–water partition coefficient (Wildman–Crippen LogP) is 5.09. The molecule has 1 aromatic heterocycles. The summed E-state index contributed by atoms with van der Waals surface area (Å²) in [7, 11) is 0. The van der Waals surface area contributed by atoms with Gasteiger partial charge in [-0.15, -0.1) is 0 Å². The summed E-state index contributed by atoms with van der Waals surface area (Å²) in [6, 6.07) is 21.6. The summed E-state index contributed by atoms with van der Waals surface area (Å²) in [6.45, 7) is 3.69. The van der Waals surface area contributed by atoms with Crippen molar-refractivity contribution in [2.75, 3.05) is 17.2 Å². The number of aliphatic hydroxyl groups is 1. The van der Waals surface area contributed by atoms with Crippen LogP contribution < -0.4 is 10.6 Å². The summed E-state index contributed by atoms with van der Waals surface area (Å²) in [4.78, 5) is 20.9. The van der Waals surface area contributed by atoms with Gasteiger partial charge in [-0.25, -0.2) is 9.97 Å². The third-order valence-electron chi connectivity index (χ3n) is 5.07. The molecule has 4 aromatic rings. The first-order valence-corrected chi connectivity index (χ1v) is 10.4. The molecule has 1 amide bonds. The number of rotatable bonds is 8. The van der Waals surface area contributed by atoms with Crippen LogP contribution in [-0.4, -0.2) is 27.6 Å². The predicted molar refractivity (Wildman–Crippen MR) is 129 cm³/mol. The molecule has 0 saturated heterocycles. The normalized spacial score (nSPS) is 10.7. The molecule has 0 aliphatic heterocycles. The van der Waals surface area contributed by atoms with Gasteiger partial charge in [0.1, 0.15) is 0 Å². The zero-order chi connectivity index (χ0) is 22.3. The number of benzene rings is 3. The van der Waals surface area contributed by atoms with Gasteiger partial charge in [-0.05, 0) is 54.3 Å². The van der Waals surface area contributed by atoms with E-state index in [0.29, 0.717) is 11.6 Å². The number of nitrogens with zero attached hydrogens (tertiary/aromatic N) is 2. The molecule has 0 saturated carbocycles. The largest absolute Gasteiger partial charge is 0.396 e. The Kier molecular flexibility index (Phi) is 6.53. The van der Waals surface area contributed by atoms with Gasteiger partial charge in [0.05, 0.1) is 5.52 Å². The van der Waals surface area contributed by atoms with Gasteiger partial charge >= 0.3 is 0 Å². The number of fused-ring (bicyclic) bond motifs is 1. The van der Waals surface area contributed by atoms with Crippen molar-refractivity contribution in [1.82, 2.24) is 9.97 Å². The van der Waals surface area contributed by atoms with Gasteiger partial charge in [0.25, 0.3) is 0 Å². The summed E-state index contributed by atoms with van der Waals surface area (Å²) >= 11 is 0. The van der Waals surface area contributed by atoms with Crippen LogP contribution in [-0.2, 0) is 11.2 Å². The quantitative estimate of drug-likeness (QED) is 0.343. The fourth-order valence-corrected chi connectivity index (χ4v) is 3.47. The van der Waals surface area contributed by atoms with E-state index in [-0.39, 0.29) is 12.5 Å². The maximum atomic E-state index is 11.7. The molecule has 160 valence electrons. The number of para-hydroxylation sites is 1. The van der Waals surface area contributed by atoms with E-state index >= 15 is 0 Å². The Bertz CT molecular complexity index is 1250. The van der Waals surface area contributed by atoms with Crippen molar-refractivity contribution in [3.8, 4) is 11.1 Å². The maximum Gasteiger partial charge on any atom is 0.247 e. The van der Waals surface area contributed by atoms with Crippen LogP contribution in [0.4, 0.5) is 17.3 Å². The number of aromatic nitrogens is 2. The number of aryl methyl sites for hydroxylation is 1. The zero-order valence-electron chi connectivity index (χ0n) is 17.6. The number of anilines is 3. The standard InChI is InChI=1S/C26H24N4O2/c1-2-24(32)28-22-9-3-7-19(16-22)23-10-4-8-20-17-27-26(30-25(20)23)29-21-13-11-18(12-14-21)6-5-15-31/h2-4,7-14,16-17,31H,1,5-6,15H2,(H,28,32)(H,27,29,30). The zero-order valence-corrected chi connectivity index (χ0v) is 17.6. The maximum absolute atomic E-state index is 11.7. The number of hydrogen-bond donors (Lipinski definition) is 3. The lowest BCUT2D eigenvalue weighted by molar-refractivity contribution is -0.111. The first kappa shape index (κ1) is 21.2. The lowest BCUT2D eigenvalue weighted by Crippen LogP contribution is -2.07. The Labute approximate surface area is 186 Å². The van der Waals surface area contributed by atoms with Crippen LogP contribution in [0.1, 0.15) is 12.0 Å². The van der Waals surface area contributed by atoms with Gasteiger partial charge in [0.2, 0.25) is 11.9 Å². The fourth-order valence-electron chi connectivity index (χ4n) is 3.47. The second-order valence-electron chi connectivity index (χ2n) is 7.36. The summed E-state index contributed by atoms with van der Waals surface area (Å²) in [5.41, 5.74) is 5.46. The number of aliphatic hydroxyl groups excluding tert-OH is 1. The fraction of sp³-hybridized carbons (Fsp3) is 0.115. The first-order chi connectivity index (χ1) is 15.7. The molecule has 3 aromatic carbocycles. The van der Waals surface area contributed by atoms with Crippen LogP contribution >= 0.6 is 0 Å². The molecule has 6 nitrogen and oxygen atoms in total. The molecule has 1 heterocycles. The Morgan fingerprint density at radius 1 is 1.03 bits per heavy atom. The molecule has 0 aliphatic carbocycles. The van der Waals surface area contributed by atoms with Crippen LogP contribution in [0.15, 0.2) is 85.6 Å². The number of carbonyl (C=O) groups excluding carboxylic acids is 1. The van der Waals surface area contributed by atoms with E-state index in [1.54, 1.807) is 6.20 Å². The monoisotopic (exact) mass is 424 g/mol. The van der Waals surface area contributed by atoms with Crippen LogP contribution in [0.5, 0.6) is 0 Å². The number of nitrogens with one attached hydrogen (secondary N) is 2. The van der Waals surface area contributed by atoms with Crippen LogP contribution in [0, 0.1) is 0 Å². The Balaban J connectivity index is 1.63. The molecule has 4 rings (SSSR count). The van der Waals surface area contributed by atoms with E-state index in [2.05, 4.69) is 22.2 Å². The third-order valence-corrected chi connectivity index (χ3v) is 5.07. The molecule has 0 bridgehead atoms. The van der Waals surface area contributed by atoms with Crippen molar-refractivity contribution in [3.05, 3.63) is 91.1 Å². The van der Waals surface area contributed by atoms with Gasteiger partial charge in [-0.3, -0.25) is 4.79 Å². The van der Waals surface area contributed by atoms with Crippen molar-refractivity contribution in [3.63, 3.8) is 0 Å². The SMILES string of the molecule is C=CC(=O)Nc1cccc(-c2cccc3cnc(Nc4ccc(CCCO)cc4)nc23)c1. The Morgan fingerprint density at radius 3 is 2.62 bits per heavy atom. The second kappa shape index (κ2) is 9.85. The minimum Gasteiger partial charge on any atom is -0.396 e. The van der Waals surface area contributed by atoms with Crippen molar-refractivity contribution in [2.24, 2.45) is 0 Å². The highest BCUT2D eigenvalue weighted by Crippen LogP contribution is 2.30. The van der Waals surface area contributed by atoms with Crippen molar-refractivity contribution < 1.29 is 9.90 Å². The minimum absolute atomic E-state index is 0.191. The van der Waals surface area contributed by atoms with E-state index < -0.39 is 0 Å². The topological polar surface area (TPSA) is 87.1 Å². The van der Waals surface area contributed by atoms with Crippen molar-refractivity contribution >= 4 is 34.1 Å². The van der Waals surface area contributed by atoms with Gasteiger partial charge in [0, 0.05) is 35.1 Å². The average molecular weight is 425 g/mol. The lowest BCUT2D eigenvalue weighted by Gasteiger charge is -2.11. The van der Waals surface area contributed by atoms with Crippen molar-refractivity contribution in [1.29, 1.82) is 0 Å². The highest BCUT2D eigenvalue weighted by Gasteiger charge is 2.09. The van der Waals surface area contributed by atoms with Crippen molar-refractivity contribution in [2.45, 2.75) is 12.8 Å². The molecular weight excluding hydrogens is 400 g/mol. The molecule has 6 heteroatoms. The molecule has 32 heavy (non-hydrogen) atoms. The molecule has 3 N–H and O–H groups in total. The molecule has 0 fully saturated rings. The van der Waals surface area contributed by atoms with Gasteiger partial charge < -0.3 is 15.7 Å². The van der Waals surface area contributed by atoms with E-state index in [1.165, 1.54) is 11.6 Å². The summed E-state index contributed by atoms with van der Waals surface area (Å²) in [6.07, 6.45) is 4.64. The molecule has 0 unspecified atom stereocenters. The number of amides is 1. The first-order valence-electron chi connectivity index (χ1n) is 10.4. The van der Waals surface area contributed by atoms with Gasteiger partial charge in [-0.1, -0.05) is 49.0 Å². The molecular formula is C26H24N4O2. The van der Waals surface area contributed by atoms with E-state index in [0.717, 1.165) is 40.6 Å². The smallest absolute Gasteiger partial charge is 0.247 e. The number of carbonyl (C=O) groups is 1. The molecule has 0 radical (unpaired) electrons. The summed E-state index contributed by atoms with van der Waals surface area (Å²) in [5.74, 6) is 0.250. The highest BCUT2D eigenvalue weighted by atomic mass is 16.2. The molecule has 0 aliphatic rings. The second-order valence-corrected chi connectivity index (χ2v) is 7.36. The summed E-state index contributed by atoms with van der Waals surface area (Å²) in [5, 5.41) is 16.0. The van der Waals surface area contributed by atoms with Gasteiger partial charge in [-0.2, -0.15) is 0 Å². The Hall–Kier alpha value is -4.03. The molecule has 0 atom stereocenters. The highest BCUT2D eigenvalue weighted by molar-refractivity contribution is 6.00. The van der Waals surface area contributed by atoms with Crippen LogP contribution in [0.3, 0.4) is 0 Å². The lowest BCUT2D eigenvalue weighted by atomic mass is 10.0. The minimum atomic E-state index is -0.253. The van der Waals surface area contributed by atoms with Crippen LogP contribution in [0.2, 0.25) is 0 Å². The van der Waals surface area contributed by atoms with E-state index in [9.17, 15) is 4.79 Å².